The Hall–Kier alpha value is -1.09. The lowest BCUT2D eigenvalue weighted by molar-refractivity contribution is -0.164. The minimum Gasteiger partial charge on any atom is -0.481 e. The van der Waals surface area contributed by atoms with Crippen LogP contribution in [0.3, 0.4) is 0 Å². The third kappa shape index (κ3) is 2.81. The first-order chi connectivity index (χ1) is 15.1. The summed E-state index contributed by atoms with van der Waals surface area (Å²) in [6.45, 7) is 16.7. The molecule has 5 aliphatic rings. The van der Waals surface area contributed by atoms with E-state index in [4.69, 9.17) is 0 Å². The second kappa shape index (κ2) is 6.77. The summed E-state index contributed by atoms with van der Waals surface area (Å²) in [5, 5.41) is 21.3. The van der Waals surface area contributed by atoms with Gasteiger partial charge in [-0.1, -0.05) is 71.8 Å². The maximum atomic E-state index is 12.7. The molecule has 0 saturated heterocycles. The number of carbonyl (C=O) groups is 1. The van der Waals surface area contributed by atoms with Gasteiger partial charge < -0.3 is 10.2 Å². The number of fused-ring (bicyclic) bond motifs is 7. The SMILES string of the molecule is CC1(C)CC[C@]2(C(=O)O)CC[C@]3(C)C(=CC=C4[C@@]5(C)CCC(O)C(C)(C)C5CC[C@]43C)[C@H]2C1. The van der Waals surface area contributed by atoms with Gasteiger partial charge in [-0.25, -0.2) is 0 Å². The summed E-state index contributed by atoms with van der Waals surface area (Å²) < 4.78 is 0. The molecule has 184 valence electrons. The van der Waals surface area contributed by atoms with Crippen LogP contribution in [0.1, 0.15) is 106 Å². The Balaban J connectivity index is 1.65. The second-order valence-corrected chi connectivity index (χ2v) is 14.6. The van der Waals surface area contributed by atoms with Crippen LogP contribution in [0.4, 0.5) is 0 Å². The number of aliphatic carboxylic acids is 1. The topological polar surface area (TPSA) is 57.5 Å². The van der Waals surface area contributed by atoms with Crippen molar-refractivity contribution in [2.75, 3.05) is 0 Å². The van der Waals surface area contributed by atoms with Gasteiger partial charge in [0.2, 0.25) is 0 Å². The van der Waals surface area contributed by atoms with E-state index in [-0.39, 0.29) is 39.1 Å². The predicted molar refractivity (Wildman–Crippen MR) is 133 cm³/mol. The quantitative estimate of drug-likeness (QED) is 0.442. The highest BCUT2D eigenvalue weighted by molar-refractivity contribution is 5.77. The fraction of sp³-hybridized carbons (Fsp3) is 0.833. The van der Waals surface area contributed by atoms with Crippen molar-refractivity contribution >= 4 is 5.97 Å². The minimum absolute atomic E-state index is 0.0162. The molecule has 3 nitrogen and oxygen atoms in total. The number of hydrogen-bond donors (Lipinski definition) is 2. The minimum atomic E-state index is -0.583. The molecule has 0 aromatic rings. The number of rotatable bonds is 1. The smallest absolute Gasteiger partial charge is 0.310 e. The van der Waals surface area contributed by atoms with Crippen molar-refractivity contribution in [1.82, 2.24) is 0 Å². The fourth-order valence-electron chi connectivity index (χ4n) is 9.92. The summed E-state index contributed by atoms with van der Waals surface area (Å²) in [4.78, 5) is 12.7. The molecule has 0 amide bonds. The number of aliphatic hydroxyl groups is 1. The first-order valence-corrected chi connectivity index (χ1v) is 13.5. The summed E-state index contributed by atoms with van der Waals surface area (Å²) in [5.74, 6) is 0.0637. The summed E-state index contributed by atoms with van der Waals surface area (Å²) in [6.07, 6.45) is 13.4. The van der Waals surface area contributed by atoms with E-state index in [9.17, 15) is 15.0 Å². The van der Waals surface area contributed by atoms with Crippen molar-refractivity contribution in [3.8, 4) is 0 Å². The van der Waals surface area contributed by atoms with E-state index in [1.165, 1.54) is 5.57 Å². The Morgan fingerprint density at radius 3 is 2.18 bits per heavy atom. The van der Waals surface area contributed by atoms with E-state index >= 15 is 0 Å². The zero-order valence-corrected chi connectivity index (χ0v) is 22.1. The van der Waals surface area contributed by atoms with Crippen LogP contribution in [0.5, 0.6) is 0 Å². The second-order valence-electron chi connectivity index (χ2n) is 14.6. The molecular formula is C30H46O3. The first-order valence-electron chi connectivity index (χ1n) is 13.5. The molecule has 0 spiro atoms. The van der Waals surface area contributed by atoms with E-state index in [0.717, 1.165) is 57.8 Å². The lowest BCUT2D eigenvalue weighted by atomic mass is 9.36. The molecule has 0 heterocycles. The molecule has 33 heavy (non-hydrogen) atoms. The van der Waals surface area contributed by atoms with Crippen molar-refractivity contribution in [2.45, 2.75) is 112 Å². The maximum absolute atomic E-state index is 12.7. The predicted octanol–water partition coefficient (Wildman–Crippen LogP) is 7.15. The van der Waals surface area contributed by atoms with Crippen molar-refractivity contribution < 1.29 is 15.0 Å². The van der Waals surface area contributed by atoms with Gasteiger partial charge in [-0.3, -0.25) is 4.79 Å². The third-order valence-electron chi connectivity index (χ3n) is 12.4. The van der Waals surface area contributed by atoms with Gasteiger partial charge in [-0.2, -0.15) is 0 Å². The van der Waals surface area contributed by atoms with E-state index < -0.39 is 11.4 Å². The molecule has 0 radical (unpaired) electrons. The molecular weight excluding hydrogens is 408 g/mol. The molecule has 5 aliphatic carbocycles. The van der Waals surface area contributed by atoms with Crippen LogP contribution in [0.2, 0.25) is 0 Å². The number of hydrogen-bond acceptors (Lipinski definition) is 2. The number of aliphatic hydroxyl groups excluding tert-OH is 1. The molecule has 4 saturated carbocycles. The van der Waals surface area contributed by atoms with Crippen LogP contribution >= 0.6 is 0 Å². The lowest BCUT2D eigenvalue weighted by Gasteiger charge is -2.68. The van der Waals surface area contributed by atoms with Crippen molar-refractivity contribution in [3.63, 3.8) is 0 Å². The number of carboxylic acids is 1. The molecule has 0 aromatic heterocycles. The van der Waals surface area contributed by atoms with Crippen LogP contribution in [0.25, 0.3) is 0 Å². The van der Waals surface area contributed by atoms with Crippen LogP contribution in [0.15, 0.2) is 23.3 Å². The van der Waals surface area contributed by atoms with Gasteiger partial charge in [0.05, 0.1) is 11.5 Å². The molecule has 0 aromatic carbocycles. The van der Waals surface area contributed by atoms with E-state index in [1.54, 1.807) is 5.57 Å². The standard InChI is InChI=1S/C30H46O3/c1-25(2)14-16-30(24(32)33)17-15-28(6)19(20(30)18-25)8-9-22-27(5)12-11-23(31)26(3,4)21(27)10-13-29(22,28)7/h8-9,20-21,23,31H,10-18H2,1-7H3,(H,32,33)/t20-,21?,23?,27+,28-,29-,30+/m1/s1. The largest absolute Gasteiger partial charge is 0.481 e. The molecule has 2 unspecified atom stereocenters. The summed E-state index contributed by atoms with van der Waals surface area (Å²) in [6, 6.07) is 0. The molecule has 7 atom stereocenters. The van der Waals surface area contributed by atoms with Gasteiger partial charge in [0.25, 0.3) is 0 Å². The Morgan fingerprint density at radius 2 is 1.52 bits per heavy atom. The van der Waals surface area contributed by atoms with Gasteiger partial charge in [0.1, 0.15) is 0 Å². The molecule has 2 N–H and O–H groups in total. The fourth-order valence-corrected chi connectivity index (χ4v) is 9.92. The Labute approximate surface area is 201 Å². The highest BCUT2D eigenvalue weighted by Crippen LogP contribution is 2.74. The van der Waals surface area contributed by atoms with E-state index in [1.807, 2.05) is 0 Å². The van der Waals surface area contributed by atoms with E-state index in [2.05, 4.69) is 60.6 Å². The van der Waals surface area contributed by atoms with E-state index in [0.29, 0.717) is 5.92 Å². The highest BCUT2D eigenvalue weighted by Gasteiger charge is 2.67. The molecule has 4 fully saturated rings. The van der Waals surface area contributed by atoms with Crippen molar-refractivity contribution in [1.29, 1.82) is 0 Å². The lowest BCUT2D eigenvalue weighted by Crippen LogP contribution is -2.61. The van der Waals surface area contributed by atoms with Crippen LogP contribution in [-0.2, 0) is 4.79 Å². The van der Waals surface area contributed by atoms with Gasteiger partial charge in [-0.05, 0) is 96.7 Å². The number of allylic oxidation sites excluding steroid dienone is 4. The molecule has 0 aliphatic heterocycles. The maximum Gasteiger partial charge on any atom is 0.310 e. The normalized spacial score (nSPS) is 50.0. The monoisotopic (exact) mass is 454 g/mol. The Morgan fingerprint density at radius 1 is 0.848 bits per heavy atom. The van der Waals surface area contributed by atoms with Crippen LogP contribution in [0, 0.1) is 44.3 Å². The van der Waals surface area contributed by atoms with Crippen molar-refractivity contribution in [3.05, 3.63) is 23.3 Å². The zero-order chi connectivity index (χ0) is 24.2. The van der Waals surface area contributed by atoms with Gasteiger partial charge in [0, 0.05) is 0 Å². The number of carboxylic acid groups (broad SMARTS) is 1. The van der Waals surface area contributed by atoms with Crippen molar-refractivity contribution in [2.24, 2.45) is 44.3 Å². The van der Waals surface area contributed by atoms with Crippen LogP contribution in [-0.4, -0.2) is 22.3 Å². The Kier molecular flexibility index (Phi) is 4.85. The summed E-state index contributed by atoms with van der Waals surface area (Å²) >= 11 is 0. The summed E-state index contributed by atoms with van der Waals surface area (Å²) in [7, 11) is 0. The molecule has 3 heteroatoms. The Bertz CT molecular complexity index is 940. The van der Waals surface area contributed by atoms with Crippen LogP contribution < -0.4 is 0 Å². The third-order valence-corrected chi connectivity index (χ3v) is 12.4. The first kappa shape index (κ1) is 23.6. The zero-order valence-electron chi connectivity index (χ0n) is 22.1. The molecule has 5 rings (SSSR count). The summed E-state index contributed by atoms with van der Waals surface area (Å²) in [5.41, 5.74) is 2.76. The average molecular weight is 455 g/mol. The van der Waals surface area contributed by atoms with Gasteiger partial charge in [0.15, 0.2) is 0 Å². The average Bonchev–Trinajstić information content (AvgIpc) is 2.71. The molecule has 0 bridgehead atoms. The van der Waals surface area contributed by atoms with Gasteiger partial charge in [-0.15, -0.1) is 0 Å². The van der Waals surface area contributed by atoms with Gasteiger partial charge >= 0.3 is 5.97 Å². The highest BCUT2D eigenvalue weighted by atomic mass is 16.4.